The van der Waals surface area contributed by atoms with E-state index in [4.69, 9.17) is 9.72 Å². The first kappa shape index (κ1) is 22.7. The minimum Gasteiger partial charge on any atom is -0.449 e. The van der Waals surface area contributed by atoms with Crippen molar-refractivity contribution in [3.63, 3.8) is 0 Å². The number of para-hydroxylation sites is 1. The Hall–Kier alpha value is -3.51. The van der Waals surface area contributed by atoms with Crippen LogP contribution in [0, 0.1) is 0 Å². The molecule has 1 unspecified atom stereocenters. The number of aromatic nitrogens is 1. The minimum absolute atomic E-state index is 0.363. The maximum Gasteiger partial charge on any atom is 0.339 e. The van der Waals surface area contributed by atoms with E-state index in [1.807, 2.05) is 72.8 Å². The number of nitrogens with one attached hydrogen (secondary N) is 1. The molecule has 1 heterocycles. The molecule has 1 amide bonds. The number of halogens is 1. The van der Waals surface area contributed by atoms with Crippen LogP contribution in [0.3, 0.4) is 0 Å². The van der Waals surface area contributed by atoms with E-state index in [-0.39, 0.29) is 0 Å². The summed E-state index contributed by atoms with van der Waals surface area (Å²) in [5, 5.41) is 3.47. The zero-order valence-corrected chi connectivity index (χ0v) is 19.9. The number of anilines is 1. The molecular formula is C27H23BrN2O3. The molecule has 1 atom stereocenters. The van der Waals surface area contributed by atoms with Crippen molar-refractivity contribution in [2.24, 2.45) is 0 Å². The maximum absolute atomic E-state index is 13.1. The molecule has 3 aromatic carbocycles. The monoisotopic (exact) mass is 502 g/mol. The molecular weight excluding hydrogens is 480 g/mol. The van der Waals surface area contributed by atoms with Crippen LogP contribution in [-0.2, 0) is 16.0 Å². The molecule has 1 N–H and O–H groups in total. The zero-order chi connectivity index (χ0) is 23.4. The van der Waals surface area contributed by atoms with Gasteiger partial charge in [0.25, 0.3) is 5.91 Å². The molecule has 4 aromatic rings. The summed E-state index contributed by atoms with van der Waals surface area (Å²) in [5.41, 5.74) is 4.39. The number of pyridine rings is 1. The number of nitrogens with zero attached hydrogens (tertiary/aromatic N) is 1. The fourth-order valence-corrected chi connectivity index (χ4v) is 3.88. The van der Waals surface area contributed by atoms with E-state index >= 15 is 0 Å². The van der Waals surface area contributed by atoms with Crippen LogP contribution < -0.4 is 5.32 Å². The summed E-state index contributed by atoms with van der Waals surface area (Å²) >= 11 is 3.48. The van der Waals surface area contributed by atoms with Gasteiger partial charge >= 0.3 is 5.97 Å². The summed E-state index contributed by atoms with van der Waals surface area (Å²) in [6.45, 7) is 3.63. The number of fused-ring (bicyclic) bond motifs is 1. The number of aryl methyl sites for hydroxylation is 1. The van der Waals surface area contributed by atoms with Gasteiger partial charge in [-0.15, -0.1) is 0 Å². The first-order valence-corrected chi connectivity index (χ1v) is 11.5. The molecule has 0 saturated heterocycles. The third-order valence-electron chi connectivity index (χ3n) is 5.34. The first-order chi connectivity index (χ1) is 15.9. The lowest BCUT2D eigenvalue weighted by atomic mass is 10.0. The largest absolute Gasteiger partial charge is 0.449 e. The van der Waals surface area contributed by atoms with Crippen LogP contribution in [0.1, 0.15) is 29.8 Å². The van der Waals surface area contributed by atoms with Gasteiger partial charge in [0.1, 0.15) is 0 Å². The summed E-state index contributed by atoms with van der Waals surface area (Å²) in [6.07, 6.45) is -0.0473. The molecule has 1 aromatic heterocycles. The van der Waals surface area contributed by atoms with Gasteiger partial charge in [-0.2, -0.15) is 0 Å². The minimum atomic E-state index is -0.968. The number of carbonyl (C=O) groups is 2. The predicted molar refractivity (Wildman–Crippen MR) is 134 cm³/mol. The fraction of sp³-hybridized carbons (Fsp3) is 0.148. The zero-order valence-electron chi connectivity index (χ0n) is 18.3. The highest BCUT2D eigenvalue weighted by molar-refractivity contribution is 9.10. The molecule has 5 nitrogen and oxygen atoms in total. The van der Waals surface area contributed by atoms with Crippen LogP contribution in [0.2, 0.25) is 0 Å². The van der Waals surface area contributed by atoms with Crippen LogP contribution >= 0.6 is 15.9 Å². The molecule has 166 valence electrons. The van der Waals surface area contributed by atoms with Crippen LogP contribution in [0.15, 0.2) is 83.3 Å². The number of hydrogen-bond acceptors (Lipinski definition) is 4. The third-order valence-corrected chi connectivity index (χ3v) is 5.83. The van der Waals surface area contributed by atoms with E-state index in [1.54, 1.807) is 13.0 Å². The Labute approximate surface area is 200 Å². The maximum atomic E-state index is 13.1. The fourth-order valence-electron chi connectivity index (χ4n) is 3.49. The van der Waals surface area contributed by atoms with Crippen LogP contribution in [0.25, 0.3) is 22.2 Å². The Bertz CT molecular complexity index is 1320. The Balaban J connectivity index is 1.58. The second-order valence-electron chi connectivity index (χ2n) is 7.67. The molecule has 0 aliphatic rings. The summed E-state index contributed by atoms with van der Waals surface area (Å²) in [6, 6.07) is 24.4. The second-order valence-corrected chi connectivity index (χ2v) is 8.59. The Morgan fingerprint density at radius 2 is 1.76 bits per heavy atom. The highest BCUT2D eigenvalue weighted by atomic mass is 79.9. The van der Waals surface area contributed by atoms with Gasteiger partial charge in [0, 0.05) is 21.1 Å². The van der Waals surface area contributed by atoms with Crippen LogP contribution in [-0.4, -0.2) is 23.0 Å². The van der Waals surface area contributed by atoms with E-state index < -0.39 is 18.0 Å². The first-order valence-electron chi connectivity index (χ1n) is 10.7. The summed E-state index contributed by atoms with van der Waals surface area (Å²) < 4.78 is 6.46. The van der Waals surface area contributed by atoms with Crippen molar-refractivity contribution in [2.75, 3.05) is 5.32 Å². The molecule has 4 rings (SSSR count). The van der Waals surface area contributed by atoms with Crippen LogP contribution in [0.4, 0.5) is 5.69 Å². The highest BCUT2D eigenvalue weighted by Gasteiger charge is 2.22. The number of ether oxygens (including phenoxy) is 1. The highest BCUT2D eigenvalue weighted by Crippen LogP contribution is 2.27. The summed E-state index contributed by atoms with van der Waals surface area (Å²) in [5.74, 6) is -0.966. The van der Waals surface area contributed by atoms with E-state index in [2.05, 4.69) is 28.2 Å². The topological polar surface area (TPSA) is 68.3 Å². The third kappa shape index (κ3) is 5.29. The number of carbonyl (C=O) groups excluding carboxylic acids is 2. The SMILES string of the molecule is CCc1ccc(NC(=O)C(C)OC(=O)c2cc(-c3cccc(Br)c3)nc3ccccc23)cc1. The van der Waals surface area contributed by atoms with Crippen molar-refractivity contribution in [1.82, 2.24) is 4.98 Å². The lowest BCUT2D eigenvalue weighted by molar-refractivity contribution is -0.123. The molecule has 0 fully saturated rings. The van der Waals surface area contributed by atoms with Gasteiger partial charge in [0.2, 0.25) is 0 Å². The average molecular weight is 503 g/mol. The standard InChI is InChI=1S/C27H23BrN2O3/c1-3-18-11-13-21(14-12-18)29-26(31)17(2)33-27(32)23-16-25(19-7-6-8-20(28)15-19)30-24-10-5-4-9-22(23)24/h4-17H,3H2,1-2H3,(H,29,31). The molecule has 0 radical (unpaired) electrons. The molecule has 0 aliphatic carbocycles. The van der Waals surface area contributed by atoms with Crippen molar-refractivity contribution in [3.8, 4) is 11.3 Å². The number of hydrogen-bond donors (Lipinski definition) is 1. The molecule has 0 aliphatic heterocycles. The second kappa shape index (κ2) is 9.96. The van der Waals surface area contributed by atoms with E-state index in [1.165, 1.54) is 5.56 Å². The quantitative estimate of drug-likeness (QED) is 0.309. The van der Waals surface area contributed by atoms with Gasteiger partial charge < -0.3 is 10.1 Å². The van der Waals surface area contributed by atoms with Gasteiger partial charge in [0.15, 0.2) is 6.10 Å². The van der Waals surface area contributed by atoms with Gasteiger partial charge in [-0.1, -0.05) is 65.3 Å². The van der Waals surface area contributed by atoms with Crippen molar-refractivity contribution in [2.45, 2.75) is 26.4 Å². The number of amides is 1. The molecule has 0 bridgehead atoms. The number of esters is 1. The lowest BCUT2D eigenvalue weighted by Crippen LogP contribution is -2.30. The Morgan fingerprint density at radius 1 is 1.00 bits per heavy atom. The van der Waals surface area contributed by atoms with Crippen LogP contribution in [0.5, 0.6) is 0 Å². The molecule has 0 spiro atoms. The Kier molecular flexibility index (Phi) is 6.84. The summed E-state index contributed by atoms with van der Waals surface area (Å²) in [7, 11) is 0. The van der Waals surface area contributed by atoms with E-state index in [0.29, 0.717) is 27.8 Å². The van der Waals surface area contributed by atoms with Gasteiger partial charge in [-0.25, -0.2) is 9.78 Å². The van der Waals surface area contributed by atoms with Crippen molar-refractivity contribution < 1.29 is 14.3 Å². The lowest BCUT2D eigenvalue weighted by Gasteiger charge is -2.15. The number of benzene rings is 3. The summed E-state index contributed by atoms with van der Waals surface area (Å²) in [4.78, 5) is 30.4. The molecule has 0 saturated carbocycles. The van der Waals surface area contributed by atoms with E-state index in [9.17, 15) is 9.59 Å². The normalized spacial score (nSPS) is 11.7. The Morgan fingerprint density at radius 3 is 2.48 bits per heavy atom. The van der Waals surface area contributed by atoms with E-state index in [0.717, 1.165) is 16.5 Å². The molecule has 33 heavy (non-hydrogen) atoms. The van der Waals surface area contributed by atoms with Gasteiger partial charge in [-0.05, 0) is 55.3 Å². The predicted octanol–water partition coefficient (Wildman–Crippen LogP) is 6.41. The average Bonchev–Trinajstić information content (AvgIpc) is 2.83. The number of rotatable bonds is 6. The van der Waals surface area contributed by atoms with Gasteiger partial charge in [0.05, 0.1) is 16.8 Å². The van der Waals surface area contributed by atoms with Gasteiger partial charge in [-0.3, -0.25) is 4.79 Å². The molecule has 6 heteroatoms. The van der Waals surface area contributed by atoms with Crippen molar-refractivity contribution in [1.29, 1.82) is 0 Å². The smallest absolute Gasteiger partial charge is 0.339 e. The van der Waals surface area contributed by atoms with Crippen molar-refractivity contribution >= 4 is 44.4 Å². The van der Waals surface area contributed by atoms with Crippen molar-refractivity contribution in [3.05, 3.63) is 94.5 Å².